The van der Waals surface area contributed by atoms with Crippen LogP contribution in [-0.4, -0.2) is 34.3 Å². The Morgan fingerprint density at radius 2 is 1.93 bits per heavy atom. The Kier molecular flexibility index (Phi) is 5.12. The zero-order valence-corrected chi connectivity index (χ0v) is 16.5. The summed E-state index contributed by atoms with van der Waals surface area (Å²) < 4.78 is 25.4. The van der Waals surface area contributed by atoms with E-state index in [0.29, 0.717) is 5.52 Å². The Bertz CT molecular complexity index is 1090. The third kappa shape index (κ3) is 3.71. The van der Waals surface area contributed by atoms with E-state index in [-0.39, 0.29) is 27.4 Å². The molecule has 6 nitrogen and oxygen atoms in total. The molecule has 3 aromatic rings. The fourth-order valence-electron chi connectivity index (χ4n) is 2.81. The van der Waals surface area contributed by atoms with E-state index in [1.807, 2.05) is 0 Å². The first-order chi connectivity index (χ1) is 13.1. The van der Waals surface area contributed by atoms with Gasteiger partial charge in [0.15, 0.2) is 0 Å². The number of esters is 1. The summed E-state index contributed by atoms with van der Waals surface area (Å²) in [6.07, 6.45) is 0.829. The second kappa shape index (κ2) is 7.24. The van der Waals surface area contributed by atoms with Crippen molar-refractivity contribution in [2.45, 2.75) is 26.4 Å². The Hall–Kier alpha value is -2.93. The lowest BCUT2D eigenvalue weighted by Gasteiger charge is -2.21. The molecule has 0 fully saturated rings. The fraction of sp³-hybridized carbons (Fsp3) is 0.250. The molecule has 0 saturated heterocycles. The Morgan fingerprint density at radius 1 is 1.21 bits per heavy atom. The quantitative estimate of drug-likeness (QED) is 0.440. The Labute approximate surface area is 165 Å². The molecule has 2 aromatic heterocycles. The highest BCUT2D eigenvalue weighted by Crippen LogP contribution is 2.36. The average Bonchev–Trinajstić information content (AvgIpc) is 3.08. The van der Waals surface area contributed by atoms with Crippen molar-refractivity contribution in [3.8, 4) is 11.3 Å². The molecule has 0 bridgehead atoms. The number of nitrogens with zero attached hydrogens (tertiary/aromatic N) is 2. The molecule has 0 spiro atoms. The van der Waals surface area contributed by atoms with Gasteiger partial charge in [-0.15, -0.1) is 0 Å². The van der Waals surface area contributed by atoms with Gasteiger partial charge in [0, 0.05) is 11.6 Å². The van der Waals surface area contributed by atoms with E-state index in [4.69, 9.17) is 21.1 Å². The summed E-state index contributed by atoms with van der Waals surface area (Å²) in [5.74, 6) is -1.28. The standard InChI is InChI=1S/C20H18ClFN2O4/c1-20(2,3)28-19(26)24-9-5-6-14(24)16-15(18(25)27-4)12-10-11(22)7-8-13(12)23-17(16)21/h5-10H,1-4H3. The molecule has 8 heteroatoms. The lowest BCUT2D eigenvalue weighted by molar-refractivity contribution is 0.0537. The first-order valence-electron chi connectivity index (χ1n) is 8.40. The largest absolute Gasteiger partial charge is 0.465 e. The van der Waals surface area contributed by atoms with Crippen LogP contribution in [0.1, 0.15) is 31.1 Å². The van der Waals surface area contributed by atoms with Gasteiger partial charge in [-0.1, -0.05) is 11.6 Å². The SMILES string of the molecule is COC(=O)c1c(-c2cccn2C(=O)OC(C)(C)C)c(Cl)nc2ccc(F)cc12. The van der Waals surface area contributed by atoms with Crippen LogP contribution in [0.4, 0.5) is 9.18 Å². The number of aromatic nitrogens is 2. The predicted octanol–water partition coefficient (Wildman–Crippen LogP) is 5.07. The molecule has 0 unspecified atom stereocenters. The van der Waals surface area contributed by atoms with E-state index in [0.717, 1.165) is 0 Å². The number of pyridine rings is 1. The van der Waals surface area contributed by atoms with Gasteiger partial charge in [-0.3, -0.25) is 4.57 Å². The number of methoxy groups -OCH3 is 1. The molecule has 0 saturated carbocycles. The molecule has 2 heterocycles. The van der Waals surface area contributed by atoms with E-state index in [1.165, 1.54) is 36.1 Å². The molecule has 0 aliphatic heterocycles. The van der Waals surface area contributed by atoms with Crippen LogP contribution in [0.25, 0.3) is 22.2 Å². The maximum atomic E-state index is 13.9. The van der Waals surface area contributed by atoms with Gasteiger partial charge in [0.1, 0.15) is 16.6 Å². The Morgan fingerprint density at radius 3 is 2.57 bits per heavy atom. The summed E-state index contributed by atoms with van der Waals surface area (Å²) in [6, 6.07) is 7.00. The van der Waals surface area contributed by atoms with Gasteiger partial charge in [0.2, 0.25) is 0 Å². The van der Waals surface area contributed by atoms with Crippen LogP contribution in [0.3, 0.4) is 0 Å². The number of rotatable bonds is 2. The summed E-state index contributed by atoms with van der Waals surface area (Å²) in [5.41, 5.74) is 0.0467. The average molecular weight is 405 g/mol. The van der Waals surface area contributed by atoms with E-state index < -0.39 is 23.5 Å². The van der Waals surface area contributed by atoms with E-state index in [2.05, 4.69) is 4.98 Å². The minimum absolute atomic E-state index is 0.0144. The van der Waals surface area contributed by atoms with Gasteiger partial charge in [-0.2, -0.15) is 0 Å². The first-order valence-corrected chi connectivity index (χ1v) is 8.78. The van der Waals surface area contributed by atoms with Crippen LogP contribution in [0.15, 0.2) is 36.5 Å². The van der Waals surface area contributed by atoms with Gasteiger partial charge in [-0.05, 0) is 51.1 Å². The lowest BCUT2D eigenvalue weighted by atomic mass is 10.0. The highest BCUT2D eigenvalue weighted by atomic mass is 35.5. The molecular weight excluding hydrogens is 387 g/mol. The van der Waals surface area contributed by atoms with Crippen LogP contribution >= 0.6 is 11.6 Å². The molecule has 146 valence electrons. The molecular formula is C20H18ClFN2O4. The van der Waals surface area contributed by atoms with Gasteiger partial charge >= 0.3 is 12.1 Å². The fourth-order valence-corrected chi connectivity index (χ4v) is 3.09. The number of fused-ring (bicyclic) bond motifs is 1. The molecule has 1 aromatic carbocycles. The summed E-state index contributed by atoms with van der Waals surface area (Å²) in [5, 5.41) is 0.200. The maximum Gasteiger partial charge on any atom is 0.418 e. The van der Waals surface area contributed by atoms with Crippen LogP contribution in [0.5, 0.6) is 0 Å². The highest BCUT2D eigenvalue weighted by Gasteiger charge is 2.27. The van der Waals surface area contributed by atoms with E-state index in [9.17, 15) is 14.0 Å². The molecule has 0 radical (unpaired) electrons. The van der Waals surface area contributed by atoms with Crippen molar-refractivity contribution in [2.24, 2.45) is 0 Å². The zero-order chi connectivity index (χ0) is 20.6. The van der Waals surface area contributed by atoms with Crippen molar-refractivity contribution in [1.82, 2.24) is 9.55 Å². The van der Waals surface area contributed by atoms with Crippen molar-refractivity contribution >= 4 is 34.6 Å². The third-order valence-electron chi connectivity index (χ3n) is 3.89. The van der Waals surface area contributed by atoms with E-state index in [1.54, 1.807) is 32.9 Å². The zero-order valence-electron chi connectivity index (χ0n) is 15.7. The smallest absolute Gasteiger partial charge is 0.418 e. The number of ether oxygens (including phenoxy) is 2. The second-order valence-corrected chi connectivity index (χ2v) is 7.41. The first kappa shape index (κ1) is 19.8. The van der Waals surface area contributed by atoms with Crippen LogP contribution in [-0.2, 0) is 9.47 Å². The minimum atomic E-state index is -0.730. The van der Waals surface area contributed by atoms with Gasteiger partial charge in [-0.25, -0.2) is 19.0 Å². The number of hydrogen-bond acceptors (Lipinski definition) is 5. The third-order valence-corrected chi connectivity index (χ3v) is 4.16. The molecule has 0 amide bonds. The molecule has 0 N–H and O–H groups in total. The number of carbonyl (C=O) groups excluding carboxylic acids is 2. The Balaban J connectivity index is 2.30. The number of benzene rings is 1. The summed E-state index contributed by atoms with van der Waals surface area (Å²) in [7, 11) is 1.21. The van der Waals surface area contributed by atoms with Gasteiger partial charge in [0.25, 0.3) is 0 Å². The second-order valence-electron chi connectivity index (χ2n) is 7.05. The molecule has 0 atom stereocenters. The highest BCUT2D eigenvalue weighted by molar-refractivity contribution is 6.34. The maximum absolute atomic E-state index is 13.9. The lowest BCUT2D eigenvalue weighted by Crippen LogP contribution is -2.27. The van der Waals surface area contributed by atoms with E-state index >= 15 is 0 Å². The molecule has 3 rings (SSSR count). The van der Waals surface area contributed by atoms with Crippen molar-refractivity contribution in [3.63, 3.8) is 0 Å². The summed E-state index contributed by atoms with van der Waals surface area (Å²) >= 11 is 6.37. The van der Waals surface area contributed by atoms with Crippen LogP contribution < -0.4 is 0 Å². The monoisotopic (exact) mass is 404 g/mol. The minimum Gasteiger partial charge on any atom is -0.465 e. The molecule has 0 aliphatic carbocycles. The topological polar surface area (TPSA) is 70.4 Å². The van der Waals surface area contributed by atoms with Gasteiger partial charge < -0.3 is 9.47 Å². The normalized spacial score (nSPS) is 11.5. The van der Waals surface area contributed by atoms with Crippen LogP contribution in [0, 0.1) is 5.82 Å². The molecule has 28 heavy (non-hydrogen) atoms. The van der Waals surface area contributed by atoms with Crippen molar-refractivity contribution in [2.75, 3.05) is 7.11 Å². The summed E-state index contributed by atoms with van der Waals surface area (Å²) in [4.78, 5) is 29.4. The predicted molar refractivity (Wildman–Crippen MR) is 103 cm³/mol. The summed E-state index contributed by atoms with van der Waals surface area (Å²) in [6.45, 7) is 5.21. The molecule has 0 aliphatic rings. The number of carbonyl (C=O) groups is 2. The number of halogens is 2. The van der Waals surface area contributed by atoms with Crippen LogP contribution in [0.2, 0.25) is 5.15 Å². The van der Waals surface area contributed by atoms with Crippen molar-refractivity contribution in [1.29, 1.82) is 0 Å². The van der Waals surface area contributed by atoms with Crippen molar-refractivity contribution < 1.29 is 23.5 Å². The van der Waals surface area contributed by atoms with Crippen molar-refractivity contribution in [3.05, 3.63) is 53.1 Å². The van der Waals surface area contributed by atoms with Gasteiger partial charge in [0.05, 0.1) is 29.4 Å². The number of hydrogen-bond donors (Lipinski definition) is 0.